The quantitative estimate of drug-likeness (QED) is 0.455. The van der Waals surface area contributed by atoms with Crippen molar-refractivity contribution in [3.05, 3.63) is 24.3 Å². The Morgan fingerprint density at radius 1 is 1.21 bits per heavy atom. The fourth-order valence-corrected chi connectivity index (χ4v) is 7.92. The molecule has 2 fully saturated rings. The zero-order valence-corrected chi connectivity index (χ0v) is 21.3. The van der Waals surface area contributed by atoms with Crippen LogP contribution in [0.4, 0.5) is 0 Å². The molecule has 188 valence electrons. The van der Waals surface area contributed by atoms with Gasteiger partial charge in [0.25, 0.3) is 0 Å². The van der Waals surface area contributed by atoms with Crippen LogP contribution < -0.4 is 0 Å². The summed E-state index contributed by atoms with van der Waals surface area (Å²) in [6, 6.07) is -1.24. The Labute approximate surface area is 206 Å². The summed E-state index contributed by atoms with van der Waals surface area (Å²) in [5.41, 5.74) is 0. The van der Waals surface area contributed by atoms with Gasteiger partial charge in [-0.1, -0.05) is 51.5 Å². The Hall–Kier alpha value is -1.80. The summed E-state index contributed by atoms with van der Waals surface area (Å²) in [4.78, 5) is 45.0. The molecule has 4 aliphatic rings. The van der Waals surface area contributed by atoms with E-state index in [0.717, 1.165) is 32.1 Å². The Bertz CT molecular complexity index is 858. The molecule has 0 saturated carbocycles. The van der Waals surface area contributed by atoms with Gasteiger partial charge in [-0.15, -0.1) is 11.8 Å². The van der Waals surface area contributed by atoms with Crippen LogP contribution in [0.15, 0.2) is 24.3 Å². The third-order valence-electron chi connectivity index (χ3n) is 7.72. The van der Waals surface area contributed by atoms with E-state index in [-0.39, 0.29) is 35.6 Å². The topological polar surface area (TPSA) is 87.2 Å². The van der Waals surface area contributed by atoms with Crippen molar-refractivity contribution >= 4 is 29.5 Å². The highest BCUT2D eigenvalue weighted by atomic mass is 32.2. The molecule has 0 aromatic heterocycles. The maximum Gasteiger partial charge on any atom is 0.311 e. The molecule has 8 heteroatoms. The highest BCUT2D eigenvalue weighted by Gasteiger charge is 2.71. The minimum absolute atomic E-state index is 0.0364. The van der Waals surface area contributed by atoms with E-state index in [1.165, 1.54) is 0 Å². The van der Waals surface area contributed by atoms with Gasteiger partial charge in [0.05, 0.1) is 35.8 Å². The number of hydrogen-bond donors (Lipinski definition) is 1. The molecule has 0 bridgehead atoms. The highest BCUT2D eigenvalue weighted by Crippen LogP contribution is 2.61. The predicted octanol–water partition coefficient (Wildman–Crippen LogP) is 2.78. The number of likely N-dealkylation sites (tertiary alicyclic amines) is 1. The standard InChI is InChI=1S/C26H38N2O5S/c1-4-5-13-27-14-10-12-26-21(20-19(34-26)11-8-6-7-9-15-33-25(20)32)23(30)28(22(26)24(27)31)18(16-29)17(2)3/h8,10-12,17-22,29H,4-7,9,13-16H2,1-3H3/b11-8-/t18-,19+,20-,21-,22?,26-/m0/s1. The maximum atomic E-state index is 14.1. The normalized spacial score (nSPS) is 35.5. The molecular formula is C26H38N2O5S. The molecular weight excluding hydrogens is 452 g/mol. The van der Waals surface area contributed by atoms with Crippen LogP contribution in [0.25, 0.3) is 0 Å². The largest absolute Gasteiger partial charge is 0.465 e. The minimum atomic E-state index is -0.857. The van der Waals surface area contributed by atoms with Crippen LogP contribution in [0.5, 0.6) is 0 Å². The lowest BCUT2D eigenvalue weighted by Crippen LogP contribution is -2.57. The first-order valence-electron chi connectivity index (χ1n) is 12.8. The van der Waals surface area contributed by atoms with Gasteiger partial charge in [0.15, 0.2) is 0 Å². The van der Waals surface area contributed by atoms with E-state index in [0.29, 0.717) is 19.7 Å². The van der Waals surface area contributed by atoms with E-state index >= 15 is 0 Å². The average Bonchev–Trinajstić information content (AvgIpc) is 3.19. The summed E-state index contributed by atoms with van der Waals surface area (Å²) in [6.45, 7) is 7.25. The van der Waals surface area contributed by atoms with Crippen molar-refractivity contribution in [1.82, 2.24) is 9.80 Å². The van der Waals surface area contributed by atoms with Crippen LogP contribution in [-0.2, 0) is 19.1 Å². The summed E-state index contributed by atoms with van der Waals surface area (Å²) in [7, 11) is 0. The molecule has 1 N–H and O–H groups in total. The van der Waals surface area contributed by atoms with Crippen LogP contribution in [0.1, 0.15) is 52.9 Å². The fraction of sp³-hybridized carbons (Fsp3) is 0.731. The van der Waals surface area contributed by atoms with Gasteiger partial charge in [-0.3, -0.25) is 14.4 Å². The molecule has 2 saturated heterocycles. The molecule has 34 heavy (non-hydrogen) atoms. The van der Waals surface area contributed by atoms with Crippen molar-refractivity contribution in [2.75, 3.05) is 26.3 Å². The van der Waals surface area contributed by atoms with Crippen molar-refractivity contribution in [2.45, 2.75) is 75.0 Å². The van der Waals surface area contributed by atoms with E-state index in [1.807, 2.05) is 37.0 Å². The van der Waals surface area contributed by atoms with Gasteiger partial charge in [0, 0.05) is 18.3 Å². The number of cyclic esters (lactones) is 1. The predicted molar refractivity (Wildman–Crippen MR) is 132 cm³/mol. The highest BCUT2D eigenvalue weighted by molar-refractivity contribution is 8.02. The molecule has 1 spiro atoms. The number of hydrogen-bond acceptors (Lipinski definition) is 6. The second kappa shape index (κ2) is 10.4. The number of carbonyl (C=O) groups is 3. The summed E-state index contributed by atoms with van der Waals surface area (Å²) >= 11 is 1.56. The Morgan fingerprint density at radius 2 is 2.00 bits per heavy atom. The van der Waals surface area contributed by atoms with Gasteiger partial charge < -0.3 is 19.6 Å². The minimum Gasteiger partial charge on any atom is -0.465 e. The third-order valence-corrected chi connectivity index (χ3v) is 9.46. The number of amides is 2. The number of allylic oxidation sites excluding steroid dienone is 1. The zero-order valence-electron chi connectivity index (χ0n) is 20.5. The first-order chi connectivity index (χ1) is 16.4. The number of thioether (sulfide) groups is 1. The SMILES string of the molecule is CCCCN1CC=C[C@]23S[C@@H]4/C=C\CCCCOC(=O)[C@@H]4[C@H]2C(=O)N([C@@H](CO)C(C)C)C3C1=O. The molecule has 4 heterocycles. The molecule has 0 radical (unpaired) electrons. The Kier molecular flexibility index (Phi) is 7.77. The number of ether oxygens (including phenoxy) is 1. The van der Waals surface area contributed by atoms with Crippen LogP contribution in [0.2, 0.25) is 0 Å². The average molecular weight is 491 g/mol. The lowest BCUT2D eigenvalue weighted by atomic mass is 9.78. The monoisotopic (exact) mass is 490 g/mol. The van der Waals surface area contributed by atoms with E-state index in [2.05, 4.69) is 13.0 Å². The van der Waals surface area contributed by atoms with Crippen molar-refractivity contribution in [1.29, 1.82) is 0 Å². The number of aliphatic hydroxyl groups excluding tert-OH is 1. The second-order valence-corrected chi connectivity index (χ2v) is 11.7. The number of nitrogens with zero attached hydrogens (tertiary/aromatic N) is 2. The zero-order chi connectivity index (χ0) is 24.5. The molecule has 2 amide bonds. The first kappa shape index (κ1) is 25.3. The van der Waals surface area contributed by atoms with Crippen molar-refractivity contribution < 1.29 is 24.2 Å². The maximum absolute atomic E-state index is 14.1. The van der Waals surface area contributed by atoms with Crippen molar-refractivity contribution in [3.8, 4) is 0 Å². The molecule has 6 atom stereocenters. The lowest BCUT2D eigenvalue weighted by molar-refractivity contribution is -0.154. The number of aliphatic hydroxyl groups is 1. The van der Waals surface area contributed by atoms with Gasteiger partial charge in [-0.2, -0.15) is 0 Å². The van der Waals surface area contributed by atoms with Crippen LogP contribution in [0.3, 0.4) is 0 Å². The molecule has 4 rings (SSSR count). The van der Waals surface area contributed by atoms with Gasteiger partial charge in [0.1, 0.15) is 6.04 Å². The third kappa shape index (κ3) is 4.21. The van der Waals surface area contributed by atoms with Crippen LogP contribution in [0, 0.1) is 17.8 Å². The number of esters is 1. The van der Waals surface area contributed by atoms with Gasteiger partial charge >= 0.3 is 5.97 Å². The molecule has 1 unspecified atom stereocenters. The first-order valence-corrected chi connectivity index (χ1v) is 13.7. The lowest BCUT2D eigenvalue weighted by Gasteiger charge is -2.39. The molecule has 4 aliphatic heterocycles. The van der Waals surface area contributed by atoms with Crippen molar-refractivity contribution in [2.24, 2.45) is 17.8 Å². The van der Waals surface area contributed by atoms with E-state index in [4.69, 9.17) is 4.74 Å². The Morgan fingerprint density at radius 3 is 2.71 bits per heavy atom. The fourth-order valence-electron chi connectivity index (χ4n) is 5.93. The van der Waals surface area contributed by atoms with E-state index < -0.39 is 28.7 Å². The summed E-state index contributed by atoms with van der Waals surface area (Å²) in [5, 5.41) is 10.1. The number of fused-ring (bicyclic) bond motifs is 2. The van der Waals surface area contributed by atoms with Gasteiger partial charge in [0.2, 0.25) is 11.8 Å². The van der Waals surface area contributed by atoms with Crippen LogP contribution in [-0.4, -0.2) is 81.1 Å². The molecule has 0 aromatic carbocycles. The Balaban J connectivity index is 1.83. The molecule has 0 aromatic rings. The van der Waals surface area contributed by atoms with Crippen LogP contribution >= 0.6 is 11.8 Å². The van der Waals surface area contributed by atoms with Gasteiger partial charge in [-0.05, 0) is 31.6 Å². The second-order valence-electron chi connectivity index (χ2n) is 10.2. The summed E-state index contributed by atoms with van der Waals surface area (Å²) in [6.07, 6.45) is 12.7. The number of carbonyl (C=O) groups excluding carboxylic acids is 3. The number of unbranched alkanes of at least 4 members (excludes halogenated alkanes) is 1. The van der Waals surface area contributed by atoms with E-state index in [1.54, 1.807) is 16.7 Å². The molecule has 0 aliphatic carbocycles. The van der Waals surface area contributed by atoms with E-state index in [9.17, 15) is 19.5 Å². The molecule has 7 nitrogen and oxygen atoms in total. The van der Waals surface area contributed by atoms with Gasteiger partial charge in [-0.25, -0.2) is 0 Å². The summed E-state index contributed by atoms with van der Waals surface area (Å²) in [5.74, 6) is -2.02. The smallest absolute Gasteiger partial charge is 0.311 e. The summed E-state index contributed by atoms with van der Waals surface area (Å²) < 4.78 is 4.78. The van der Waals surface area contributed by atoms with Crippen molar-refractivity contribution in [3.63, 3.8) is 0 Å². The number of rotatable bonds is 6.